The summed E-state index contributed by atoms with van der Waals surface area (Å²) in [6.45, 7) is 6.04. The number of rotatable bonds is 4. The Bertz CT molecular complexity index is 805. The first-order valence-corrected chi connectivity index (χ1v) is 10.1. The third kappa shape index (κ3) is 3.07. The Balaban J connectivity index is 1.53. The standard InChI is InChI=1S/C20H24N2O3S/c1-3-25-19(24)18-13-5-6-14(18)10-22(9-13)20-21-16(11-26-20)15-8-12(2)4-7-17(15)23/h4,7-8,11,13-14,18,23H,3,5-6,9-10H2,1-2H3/t13-,14+,18?. The number of phenolic OH excluding ortho intramolecular Hbond substituents is 1. The minimum Gasteiger partial charge on any atom is -0.507 e. The topological polar surface area (TPSA) is 62.7 Å². The molecule has 1 saturated heterocycles. The number of fused-ring (bicyclic) bond motifs is 2. The van der Waals surface area contributed by atoms with Crippen molar-refractivity contribution in [2.45, 2.75) is 26.7 Å². The highest BCUT2D eigenvalue weighted by molar-refractivity contribution is 7.14. The zero-order valence-corrected chi connectivity index (χ0v) is 16.0. The largest absolute Gasteiger partial charge is 0.507 e. The van der Waals surface area contributed by atoms with E-state index in [9.17, 15) is 9.90 Å². The lowest BCUT2D eigenvalue weighted by atomic mass is 9.85. The van der Waals surface area contributed by atoms with Gasteiger partial charge in [-0.2, -0.15) is 0 Å². The Morgan fingerprint density at radius 1 is 1.35 bits per heavy atom. The number of phenols is 1. The van der Waals surface area contributed by atoms with Crippen molar-refractivity contribution in [3.63, 3.8) is 0 Å². The molecule has 2 heterocycles. The first-order valence-electron chi connectivity index (χ1n) is 9.24. The van der Waals surface area contributed by atoms with Gasteiger partial charge in [0.2, 0.25) is 0 Å². The van der Waals surface area contributed by atoms with Gasteiger partial charge in [0.05, 0.1) is 18.2 Å². The Labute approximate surface area is 157 Å². The smallest absolute Gasteiger partial charge is 0.309 e. The van der Waals surface area contributed by atoms with E-state index in [1.807, 2.05) is 31.4 Å². The maximum atomic E-state index is 12.3. The summed E-state index contributed by atoms with van der Waals surface area (Å²) >= 11 is 1.60. The number of hydrogen-bond donors (Lipinski definition) is 1. The monoisotopic (exact) mass is 372 g/mol. The van der Waals surface area contributed by atoms with Crippen LogP contribution < -0.4 is 4.90 Å². The number of piperidine rings is 1. The van der Waals surface area contributed by atoms with Crippen molar-refractivity contribution in [2.75, 3.05) is 24.6 Å². The number of nitrogens with zero attached hydrogens (tertiary/aromatic N) is 2. The second-order valence-electron chi connectivity index (χ2n) is 7.32. The fourth-order valence-electron chi connectivity index (χ4n) is 4.39. The van der Waals surface area contributed by atoms with Gasteiger partial charge in [-0.25, -0.2) is 4.98 Å². The van der Waals surface area contributed by atoms with Crippen molar-refractivity contribution in [3.8, 4) is 17.0 Å². The van der Waals surface area contributed by atoms with E-state index < -0.39 is 0 Å². The van der Waals surface area contributed by atoms with Gasteiger partial charge in [-0.1, -0.05) is 11.6 Å². The number of aromatic nitrogens is 1. The van der Waals surface area contributed by atoms with Crippen molar-refractivity contribution in [1.29, 1.82) is 0 Å². The number of thiazole rings is 1. The highest BCUT2D eigenvalue weighted by Gasteiger charge is 2.47. The first kappa shape index (κ1) is 17.3. The van der Waals surface area contributed by atoms with E-state index in [0.29, 0.717) is 18.4 Å². The number of ether oxygens (including phenoxy) is 1. The lowest BCUT2D eigenvalue weighted by molar-refractivity contribution is -0.151. The minimum atomic E-state index is -0.0239. The second-order valence-corrected chi connectivity index (χ2v) is 8.15. The fraction of sp³-hybridized carbons (Fsp3) is 0.500. The average Bonchev–Trinajstić information content (AvgIpc) is 3.20. The van der Waals surface area contributed by atoms with Crippen LogP contribution in [0.4, 0.5) is 5.13 Å². The molecule has 1 saturated carbocycles. The Morgan fingerprint density at radius 2 is 2.08 bits per heavy atom. The number of carbonyl (C=O) groups excluding carboxylic acids is 1. The van der Waals surface area contributed by atoms with Crippen LogP contribution >= 0.6 is 11.3 Å². The molecule has 0 radical (unpaired) electrons. The van der Waals surface area contributed by atoms with Gasteiger partial charge in [0.25, 0.3) is 0 Å². The van der Waals surface area contributed by atoms with Crippen LogP contribution in [0.2, 0.25) is 0 Å². The summed E-state index contributed by atoms with van der Waals surface area (Å²) in [6, 6.07) is 5.57. The van der Waals surface area contributed by atoms with Gasteiger partial charge in [0, 0.05) is 24.0 Å². The van der Waals surface area contributed by atoms with Gasteiger partial charge in [-0.3, -0.25) is 4.79 Å². The van der Waals surface area contributed by atoms with Crippen molar-refractivity contribution < 1.29 is 14.6 Å². The second kappa shape index (κ2) is 6.91. The molecule has 1 aliphatic carbocycles. The molecule has 1 aromatic heterocycles. The first-order chi connectivity index (χ1) is 12.6. The van der Waals surface area contributed by atoms with E-state index >= 15 is 0 Å². The van der Waals surface area contributed by atoms with Crippen LogP contribution in [0.3, 0.4) is 0 Å². The molecule has 26 heavy (non-hydrogen) atoms. The predicted octanol–water partition coefficient (Wildman–Crippen LogP) is 3.85. The third-order valence-corrected chi connectivity index (χ3v) is 6.48. The average molecular weight is 372 g/mol. The summed E-state index contributed by atoms with van der Waals surface area (Å²) in [6.07, 6.45) is 2.17. The maximum absolute atomic E-state index is 12.3. The number of benzene rings is 1. The molecule has 2 bridgehead atoms. The summed E-state index contributed by atoms with van der Waals surface area (Å²) in [4.78, 5) is 19.4. The zero-order valence-electron chi connectivity index (χ0n) is 15.1. The molecule has 3 atom stereocenters. The molecule has 0 spiro atoms. The molecule has 2 aromatic rings. The molecular formula is C20H24N2O3S. The molecule has 1 aromatic carbocycles. The van der Waals surface area contributed by atoms with Crippen molar-refractivity contribution in [2.24, 2.45) is 17.8 Å². The number of hydrogen-bond acceptors (Lipinski definition) is 6. The van der Waals surface area contributed by atoms with Crippen LogP contribution in [0.5, 0.6) is 5.75 Å². The van der Waals surface area contributed by atoms with E-state index in [4.69, 9.17) is 9.72 Å². The van der Waals surface area contributed by atoms with E-state index in [0.717, 1.165) is 47.9 Å². The lowest BCUT2D eigenvalue weighted by Gasteiger charge is -2.36. The maximum Gasteiger partial charge on any atom is 0.309 e. The summed E-state index contributed by atoms with van der Waals surface area (Å²) in [7, 11) is 0. The van der Waals surface area contributed by atoms with E-state index in [1.165, 1.54) is 0 Å². The highest BCUT2D eigenvalue weighted by atomic mass is 32.1. The summed E-state index contributed by atoms with van der Waals surface area (Å²) in [5, 5.41) is 13.1. The molecule has 0 amide bonds. The number of aromatic hydroxyl groups is 1. The molecular weight excluding hydrogens is 348 g/mol. The number of anilines is 1. The van der Waals surface area contributed by atoms with Gasteiger partial charge in [-0.15, -0.1) is 11.3 Å². The van der Waals surface area contributed by atoms with Crippen molar-refractivity contribution >= 4 is 22.4 Å². The van der Waals surface area contributed by atoms with Gasteiger partial charge in [0.15, 0.2) is 5.13 Å². The quantitative estimate of drug-likeness (QED) is 0.826. The Kier molecular flexibility index (Phi) is 4.61. The molecule has 6 heteroatoms. The van der Waals surface area contributed by atoms with Crippen LogP contribution in [0.15, 0.2) is 23.6 Å². The highest BCUT2D eigenvalue weighted by Crippen LogP contribution is 2.44. The molecule has 1 unspecified atom stereocenters. The van der Waals surface area contributed by atoms with Gasteiger partial charge < -0.3 is 14.7 Å². The number of carbonyl (C=O) groups is 1. The molecule has 5 nitrogen and oxygen atoms in total. The summed E-state index contributed by atoms with van der Waals surface area (Å²) in [5.74, 6) is 0.990. The van der Waals surface area contributed by atoms with Gasteiger partial charge in [-0.05, 0) is 50.7 Å². The molecule has 1 aliphatic heterocycles. The van der Waals surface area contributed by atoms with Crippen LogP contribution in [-0.2, 0) is 9.53 Å². The minimum absolute atomic E-state index is 0.0239. The SMILES string of the molecule is CCOC(=O)C1[C@@H]2CC[C@H]1CN(c1nc(-c3cc(C)ccc3O)cs1)C2. The normalized spacial score (nSPS) is 24.7. The molecule has 138 valence electrons. The summed E-state index contributed by atoms with van der Waals surface area (Å²) in [5.41, 5.74) is 2.68. The number of aryl methyl sites for hydroxylation is 1. The van der Waals surface area contributed by atoms with Crippen LogP contribution in [-0.4, -0.2) is 35.8 Å². The van der Waals surface area contributed by atoms with Crippen molar-refractivity contribution in [1.82, 2.24) is 4.98 Å². The third-order valence-electron chi connectivity index (χ3n) is 5.58. The zero-order chi connectivity index (χ0) is 18.3. The van der Waals surface area contributed by atoms with Gasteiger partial charge in [0.1, 0.15) is 5.75 Å². The fourth-order valence-corrected chi connectivity index (χ4v) is 5.24. The van der Waals surface area contributed by atoms with E-state index in [-0.39, 0.29) is 17.6 Å². The van der Waals surface area contributed by atoms with Crippen LogP contribution in [0.1, 0.15) is 25.3 Å². The summed E-state index contributed by atoms with van der Waals surface area (Å²) < 4.78 is 5.29. The van der Waals surface area contributed by atoms with Gasteiger partial charge >= 0.3 is 5.97 Å². The molecule has 1 N–H and O–H groups in total. The Morgan fingerprint density at radius 3 is 2.77 bits per heavy atom. The lowest BCUT2D eigenvalue weighted by Crippen LogP contribution is -2.45. The molecule has 2 aliphatic rings. The molecule has 4 rings (SSSR count). The van der Waals surface area contributed by atoms with Crippen LogP contribution in [0, 0.1) is 24.7 Å². The van der Waals surface area contributed by atoms with E-state index in [2.05, 4.69) is 4.90 Å². The van der Waals surface area contributed by atoms with Crippen LogP contribution in [0.25, 0.3) is 11.3 Å². The predicted molar refractivity (Wildman–Crippen MR) is 103 cm³/mol. The van der Waals surface area contributed by atoms with Crippen molar-refractivity contribution in [3.05, 3.63) is 29.1 Å². The molecule has 2 fully saturated rings. The Hall–Kier alpha value is -2.08. The number of esters is 1. The van der Waals surface area contributed by atoms with E-state index in [1.54, 1.807) is 17.4 Å².